The van der Waals surface area contributed by atoms with Crippen LogP contribution in [0.4, 0.5) is 0 Å². The molecular formula is C24H26N4O3. The molecule has 1 aliphatic rings. The number of hydrogen-bond donors (Lipinski definition) is 2. The molecule has 160 valence electrons. The van der Waals surface area contributed by atoms with Gasteiger partial charge in [0.25, 0.3) is 11.5 Å². The van der Waals surface area contributed by atoms with Gasteiger partial charge in [-0.2, -0.15) is 5.10 Å². The molecule has 0 spiro atoms. The largest absolute Gasteiger partial charge is 0.290 e. The van der Waals surface area contributed by atoms with Gasteiger partial charge in [0.2, 0.25) is 5.91 Å². The summed E-state index contributed by atoms with van der Waals surface area (Å²) in [5.41, 5.74) is 5.32. The van der Waals surface area contributed by atoms with Crippen molar-refractivity contribution in [1.29, 1.82) is 0 Å². The van der Waals surface area contributed by atoms with Crippen molar-refractivity contribution < 1.29 is 9.59 Å². The second-order valence-electron chi connectivity index (χ2n) is 7.99. The molecule has 7 nitrogen and oxygen atoms in total. The predicted octanol–water partition coefficient (Wildman–Crippen LogP) is 3.08. The van der Waals surface area contributed by atoms with E-state index >= 15 is 0 Å². The van der Waals surface area contributed by atoms with E-state index in [0.717, 1.165) is 37.7 Å². The molecule has 1 saturated carbocycles. The quantitative estimate of drug-likeness (QED) is 0.456. The molecule has 7 heteroatoms. The van der Waals surface area contributed by atoms with Crippen LogP contribution in [0, 0.1) is 0 Å². The van der Waals surface area contributed by atoms with E-state index in [4.69, 9.17) is 0 Å². The van der Waals surface area contributed by atoms with Crippen molar-refractivity contribution >= 4 is 22.6 Å². The van der Waals surface area contributed by atoms with Gasteiger partial charge in [0, 0.05) is 11.9 Å². The standard InChI is InChI=1S/C24H26N4O3/c1-2-3-9-16-28-22(30)19-13-8-7-12-18(19)20(27-28)21(29)25-26-23(31)24(14-15-24)17-10-5-4-6-11-17/h4-8,10-13H,2-3,9,14-16H2,1H3,(H,25,29)(H,26,31). The van der Waals surface area contributed by atoms with Crippen molar-refractivity contribution in [2.75, 3.05) is 0 Å². The number of amides is 2. The van der Waals surface area contributed by atoms with Crippen LogP contribution in [0.5, 0.6) is 0 Å². The molecule has 1 fully saturated rings. The summed E-state index contributed by atoms with van der Waals surface area (Å²) < 4.78 is 1.35. The zero-order valence-electron chi connectivity index (χ0n) is 17.6. The van der Waals surface area contributed by atoms with Gasteiger partial charge in [-0.25, -0.2) is 4.68 Å². The molecule has 1 aliphatic carbocycles. The zero-order valence-corrected chi connectivity index (χ0v) is 17.6. The van der Waals surface area contributed by atoms with Gasteiger partial charge in [-0.15, -0.1) is 0 Å². The molecule has 0 unspecified atom stereocenters. The SMILES string of the molecule is CCCCCn1nc(C(=O)NNC(=O)C2(c3ccccc3)CC2)c2ccccc2c1=O. The van der Waals surface area contributed by atoms with E-state index in [1.54, 1.807) is 24.3 Å². The van der Waals surface area contributed by atoms with Gasteiger partial charge >= 0.3 is 0 Å². The number of aryl methyl sites for hydroxylation is 1. The minimum absolute atomic E-state index is 0.122. The summed E-state index contributed by atoms with van der Waals surface area (Å²) in [6.45, 7) is 2.53. The molecule has 0 atom stereocenters. The summed E-state index contributed by atoms with van der Waals surface area (Å²) in [5.74, 6) is -0.787. The molecule has 0 saturated heterocycles. The van der Waals surface area contributed by atoms with E-state index in [9.17, 15) is 14.4 Å². The maximum atomic E-state index is 12.9. The lowest BCUT2D eigenvalue weighted by Gasteiger charge is -2.16. The molecule has 4 rings (SSSR count). The van der Waals surface area contributed by atoms with Crippen molar-refractivity contribution in [2.45, 2.75) is 51.0 Å². The van der Waals surface area contributed by atoms with Crippen LogP contribution >= 0.6 is 0 Å². The highest BCUT2D eigenvalue weighted by Crippen LogP contribution is 2.48. The van der Waals surface area contributed by atoms with Gasteiger partial charge in [-0.05, 0) is 30.9 Å². The molecule has 0 radical (unpaired) electrons. The molecule has 0 aliphatic heterocycles. The van der Waals surface area contributed by atoms with Crippen molar-refractivity contribution in [3.8, 4) is 0 Å². The van der Waals surface area contributed by atoms with E-state index < -0.39 is 11.3 Å². The Morgan fingerprint density at radius 2 is 1.65 bits per heavy atom. The maximum Gasteiger partial charge on any atom is 0.290 e. The van der Waals surface area contributed by atoms with Gasteiger partial charge in [0.1, 0.15) is 0 Å². The average Bonchev–Trinajstić information content (AvgIpc) is 3.62. The Balaban J connectivity index is 1.55. The smallest absolute Gasteiger partial charge is 0.272 e. The minimum atomic E-state index is -0.594. The Morgan fingerprint density at radius 3 is 2.32 bits per heavy atom. The topological polar surface area (TPSA) is 93.1 Å². The Kier molecular flexibility index (Phi) is 5.84. The lowest BCUT2D eigenvalue weighted by Crippen LogP contribution is -2.47. The fourth-order valence-corrected chi connectivity index (χ4v) is 3.89. The lowest BCUT2D eigenvalue weighted by molar-refractivity contribution is -0.124. The number of rotatable bonds is 7. The van der Waals surface area contributed by atoms with Crippen molar-refractivity contribution in [3.05, 3.63) is 76.2 Å². The van der Waals surface area contributed by atoms with Crippen molar-refractivity contribution in [2.24, 2.45) is 0 Å². The Morgan fingerprint density at radius 1 is 0.968 bits per heavy atom. The Labute approximate surface area is 180 Å². The van der Waals surface area contributed by atoms with Gasteiger partial charge in [-0.3, -0.25) is 25.2 Å². The van der Waals surface area contributed by atoms with Crippen LogP contribution < -0.4 is 16.4 Å². The van der Waals surface area contributed by atoms with E-state index in [1.165, 1.54) is 4.68 Å². The Hall–Kier alpha value is -3.48. The van der Waals surface area contributed by atoms with E-state index in [0.29, 0.717) is 17.3 Å². The number of unbranched alkanes of at least 4 members (excludes halogenated alkanes) is 2. The first kappa shape index (κ1) is 20.8. The molecule has 31 heavy (non-hydrogen) atoms. The van der Waals surface area contributed by atoms with Crippen LogP contribution in [0.3, 0.4) is 0 Å². The highest BCUT2D eigenvalue weighted by Gasteiger charge is 2.51. The summed E-state index contributed by atoms with van der Waals surface area (Å²) in [6.07, 6.45) is 4.27. The number of aromatic nitrogens is 2. The van der Waals surface area contributed by atoms with Crippen LogP contribution in [0.1, 0.15) is 55.1 Å². The second-order valence-corrected chi connectivity index (χ2v) is 7.99. The average molecular weight is 418 g/mol. The molecule has 0 bridgehead atoms. The van der Waals surface area contributed by atoms with Gasteiger partial charge in [-0.1, -0.05) is 68.3 Å². The highest BCUT2D eigenvalue weighted by atomic mass is 16.2. The number of benzene rings is 2. The summed E-state index contributed by atoms with van der Waals surface area (Å²) >= 11 is 0. The maximum absolute atomic E-state index is 12.9. The third-order valence-corrected chi connectivity index (χ3v) is 5.86. The van der Waals surface area contributed by atoms with Crippen LogP contribution in [-0.2, 0) is 16.8 Å². The molecule has 1 aromatic heterocycles. The van der Waals surface area contributed by atoms with Crippen LogP contribution in [0.15, 0.2) is 59.4 Å². The first-order chi connectivity index (χ1) is 15.1. The number of nitrogens with zero attached hydrogens (tertiary/aromatic N) is 2. The van der Waals surface area contributed by atoms with E-state index in [1.807, 2.05) is 30.3 Å². The fraction of sp³-hybridized carbons (Fsp3) is 0.333. The minimum Gasteiger partial charge on any atom is -0.272 e. The van der Waals surface area contributed by atoms with E-state index in [2.05, 4.69) is 22.9 Å². The highest BCUT2D eigenvalue weighted by molar-refractivity contribution is 6.05. The third kappa shape index (κ3) is 4.08. The number of carbonyl (C=O) groups is 2. The molecule has 3 aromatic rings. The predicted molar refractivity (Wildman–Crippen MR) is 118 cm³/mol. The number of hydrogen-bond acceptors (Lipinski definition) is 4. The third-order valence-electron chi connectivity index (χ3n) is 5.86. The van der Waals surface area contributed by atoms with Crippen LogP contribution in [0.2, 0.25) is 0 Å². The van der Waals surface area contributed by atoms with E-state index in [-0.39, 0.29) is 17.2 Å². The first-order valence-electron chi connectivity index (χ1n) is 10.7. The zero-order chi connectivity index (χ0) is 21.8. The van der Waals surface area contributed by atoms with Crippen LogP contribution in [0.25, 0.3) is 10.8 Å². The Bertz CT molecular complexity index is 1170. The lowest BCUT2D eigenvalue weighted by atomic mass is 9.95. The first-order valence-corrected chi connectivity index (χ1v) is 10.7. The van der Waals surface area contributed by atoms with Crippen molar-refractivity contribution in [1.82, 2.24) is 20.6 Å². The molecule has 2 amide bonds. The summed E-state index contributed by atoms with van der Waals surface area (Å²) in [4.78, 5) is 38.5. The summed E-state index contributed by atoms with van der Waals surface area (Å²) in [7, 11) is 0. The monoisotopic (exact) mass is 418 g/mol. The van der Waals surface area contributed by atoms with Gasteiger partial charge < -0.3 is 0 Å². The normalized spacial score (nSPS) is 14.2. The van der Waals surface area contributed by atoms with Crippen molar-refractivity contribution in [3.63, 3.8) is 0 Å². The van der Waals surface area contributed by atoms with Crippen LogP contribution in [-0.4, -0.2) is 21.6 Å². The number of nitrogens with one attached hydrogen (secondary N) is 2. The second kappa shape index (κ2) is 8.71. The molecule has 2 aromatic carbocycles. The summed E-state index contributed by atoms with van der Waals surface area (Å²) in [5, 5.41) is 5.23. The summed E-state index contributed by atoms with van der Waals surface area (Å²) in [6, 6.07) is 16.5. The van der Waals surface area contributed by atoms with Gasteiger partial charge in [0.05, 0.1) is 10.8 Å². The number of hydrazine groups is 1. The number of fused-ring (bicyclic) bond motifs is 1. The number of carbonyl (C=O) groups excluding carboxylic acids is 2. The fourth-order valence-electron chi connectivity index (χ4n) is 3.89. The van der Waals surface area contributed by atoms with Gasteiger partial charge in [0.15, 0.2) is 5.69 Å². The molecule has 1 heterocycles. The molecule has 2 N–H and O–H groups in total. The molecular weight excluding hydrogens is 392 g/mol.